The van der Waals surface area contributed by atoms with Crippen LogP contribution >= 0.6 is 0 Å². The van der Waals surface area contributed by atoms with Gasteiger partial charge in [0, 0.05) is 0 Å². The van der Waals surface area contributed by atoms with E-state index in [9.17, 15) is 13.2 Å². The Balaban J connectivity index is 1.95. The van der Waals surface area contributed by atoms with Crippen LogP contribution in [0.3, 0.4) is 0 Å². The van der Waals surface area contributed by atoms with Crippen molar-refractivity contribution in [1.29, 1.82) is 0 Å². The van der Waals surface area contributed by atoms with E-state index >= 15 is 0 Å². The fourth-order valence-electron chi connectivity index (χ4n) is 3.39. The van der Waals surface area contributed by atoms with E-state index in [-0.39, 0.29) is 6.42 Å². The zero-order valence-electron chi connectivity index (χ0n) is 14.9. The predicted octanol–water partition coefficient (Wildman–Crippen LogP) is 7.23. The maximum Gasteiger partial charge on any atom is 0.196 e. The Morgan fingerprint density at radius 3 is 2.23 bits per heavy atom. The largest absolute Gasteiger partial charge is 0.239 e. The highest BCUT2D eigenvalue weighted by molar-refractivity contribution is 5.86. The highest BCUT2D eigenvalue weighted by Gasteiger charge is 2.45. The zero-order valence-corrected chi connectivity index (χ0v) is 14.9. The molecule has 1 aliphatic rings. The van der Waals surface area contributed by atoms with Crippen LogP contribution in [0.15, 0.2) is 72.6 Å². The molecule has 0 bridgehead atoms. The molecule has 0 spiro atoms. The maximum absolute atomic E-state index is 14.9. The van der Waals surface area contributed by atoms with Gasteiger partial charge in [0.1, 0.15) is 5.83 Å². The van der Waals surface area contributed by atoms with Crippen LogP contribution in [0.4, 0.5) is 13.2 Å². The van der Waals surface area contributed by atoms with Crippen LogP contribution < -0.4 is 0 Å². The van der Waals surface area contributed by atoms with E-state index in [0.29, 0.717) is 17.6 Å². The van der Waals surface area contributed by atoms with Gasteiger partial charge >= 0.3 is 0 Å². The number of hydrogen-bond acceptors (Lipinski definition) is 0. The smallest absolute Gasteiger partial charge is 0.196 e. The topological polar surface area (TPSA) is 0 Å². The first-order valence-corrected chi connectivity index (χ1v) is 9.13. The molecule has 2 aromatic rings. The minimum Gasteiger partial charge on any atom is -0.239 e. The highest BCUT2D eigenvalue weighted by Crippen LogP contribution is 2.43. The van der Waals surface area contributed by atoms with Crippen LogP contribution in [0.5, 0.6) is 0 Å². The number of alkyl halides is 2. The molecule has 0 nitrogen and oxygen atoms in total. The van der Waals surface area contributed by atoms with Crippen molar-refractivity contribution in [3.63, 3.8) is 0 Å². The molecule has 0 radical (unpaired) electrons. The molecule has 3 heteroatoms. The molecule has 0 saturated heterocycles. The normalized spacial score (nSPS) is 22.7. The second kappa shape index (κ2) is 7.94. The number of hydrogen-bond donors (Lipinski definition) is 0. The van der Waals surface area contributed by atoms with Crippen molar-refractivity contribution in [1.82, 2.24) is 0 Å². The van der Waals surface area contributed by atoms with Gasteiger partial charge in [0.25, 0.3) is 0 Å². The number of benzene rings is 2. The lowest BCUT2D eigenvalue weighted by Crippen LogP contribution is -2.36. The van der Waals surface area contributed by atoms with Gasteiger partial charge < -0.3 is 0 Å². The molecule has 0 fully saturated rings. The van der Waals surface area contributed by atoms with Gasteiger partial charge in [-0.25, -0.2) is 13.2 Å². The minimum atomic E-state index is -2.54. The Bertz CT molecular complexity index is 807. The molecule has 0 amide bonds. The van der Waals surface area contributed by atoms with E-state index in [0.717, 1.165) is 30.0 Å². The van der Waals surface area contributed by atoms with Crippen molar-refractivity contribution < 1.29 is 13.2 Å². The summed E-state index contributed by atoms with van der Waals surface area (Å²) < 4.78 is 44.2. The summed E-state index contributed by atoms with van der Waals surface area (Å²) in [6.07, 6.45) is 2.37. The molecule has 0 N–H and O–H groups in total. The summed E-state index contributed by atoms with van der Waals surface area (Å²) in [5.74, 6) is -1.01. The molecule has 0 saturated carbocycles. The Morgan fingerprint density at radius 2 is 1.58 bits per heavy atom. The number of halogens is 3. The highest BCUT2D eigenvalue weighted by atomic mass is 19.2. The number of unbranched alkanes of at least 4 members (excludes halogenated alkanes) is 2. The van der Waals surface area contributed by atoms with Crippen molar-refractivity contribution in [2.45, 2.75) is 44.4 Å². The van der Waals surface area contributed by atoms with Gasteiger partial charge in [-0.3, -0.25) is 0 Å². The molecule has 0 aromatic heterocycles. The third kappa shape index (κ3) is 3.62. The van der Waals surface area contributed by atoms with E-state index in [2.05, 4.69) is 0 Å². The average Bonchev–Trinajstić information content (AvgIpc) is 2.67. The lowest BCUT2D eigenvalue weighted by Gasteiger charge is -2.30. The average molecular weight is 356 g/mol. The molecule has 0 aliphatic heterocycles. The minimum absolute atomic E-state index is 0.131. The molecule has 1 aliphatic carbocycles. The van der Waals surface area contributed by atoms with E-state index in [1.165, 1.54) is 6.08 Å². The fourth-order valence-corrected chi connectivity index (χ4v) is 3.39. The summed E-state index contributed by atoms with van der Waals surface area (Å²) in [5.41, 5.74) is 0.368. The molecule has 2 atom stereocenters. The summed E-state index contributed by atoms with van der Waals surface area (Å²) >= 11 is 0. The Kier molecular flexibility index (Phi) is 5.65. The van der Waals surface area contributed by atoms with Crippen LogP contribution in [0.1, 0.15) is 38.2 Å². The van der Waals surface area contributed by atoms with Crippen LogP contribution in [-0.4, -0.2) is 11.8 Å². The Hall–Kier alpha value is -2.29. The van der Waals surface area contributed by atoms with Crippen molar-refractivity contribution >= 4 is 5.57 Å². The van der Waals surface area contributed by atoms with Gasteiger partial charge in [-0.2, -0.15) is 0 Å². The van der Waals surface area contributed by atoms with Crippen molar-refractivity contribution in [2.75, 3.05) is 0 Å². The Labute approximate surface area is 153 Å². The standard InChI is InChI=1S/C23H23F3/c1-2-3-9-14-23(26)21(24)15-18(16-22(23)25)20-13-8-7-12-19(20)17-10-5-4-6-11-17/h4-8,10-13,15-16,21H,2-3,9,14H2,1H3. The van der Waals surface area contributed by atoms with Gasteiger partial charge in [-0.1, -0.05) is 74.4 Å². The summed E-state index contributed by atoms with van der Waals surface area (Å²) in [6.45, 7) is 1.98. The van der Waals surface area contributed by atoms with Crippen LogP contribution in [-0.2, 0) is 0 Å². The van der Waals surface area contributed by atoms with E-state index in [1.807, 2.05) is 61.5 Å². The van der Waals surface area contributed by atoms with Crippen molar-refractivity contribution in [3.8, 4) is 11.1 Å². The Morgan fingerprint density at radius 1 is 0.923 bits per heavy atom. The molecule has 136 valence electrons. The van der Waals surface area contributed by atoms with Crippen LogP contribution in [0, 0.1) is 0 Å². The van der Waals surface area contributed by atoms with E-state index in [4.69, 9.17) is 0 Å². The van der Waals surface area contributed by atoms with Gasteiger partial charge in [0.15, 0.2) is 11.8 Å². The van der Waals surface area contributed by atoms with Gasteiger partial charge in [0.2, 0.25) is 0 Å². The summed E-state index contributed by atoms with van der Waals surface area (Å²) in [6, 6.07) is 17.0. The molecule has 2 aromatic carbocycles. The third-order valence-electron chi connectivity index (χ3n) is 4.91. The van der Waals surface area contributed by atoms with Crippen molar-refractivity contribution in [2.24, 2.45) is 0 Å². The number of rotatable bonds is 6. The molecule has 26 heavy (non-hydrogen) atoms. The first-order valence-electron chi connectivity index (χ1n) is 9.13. The third-order valence-corrected chi connectivity index (χ3v) is 4.91. The second-order valence-corrected chi connectivity index (χ2v) is 6.75. The van der Waals surface area contributed by atoms with Gasteiger partial charge in [-0.05, 0) is 47.3 Å². The SMILES string of the molecule is CCCCCC1(F)C(F)=CC(c2ccccc2-c2ccccc2)=CC1F. The summed E-state index contributed by atoms with van der Waals surface area (Å²) in [7, 11) is 0. The van der Waals surface area contributed by atoms with Crippen molar-refractivity contribution in [3.05, 3.63) is 78.1 Å². The van der Waals surface area contributed by atoms with E-state index < -0.39 is 17.7 Å². The number of allylic oxidation sites excluding steroid dienone is 4. The van der Waals surface area contributed by atoms with Crippen LogP contribution in [0.2, 0.25) is 0 Å². The predicted molar refractivity (Wildman–Crippen MR) is 102 cm³/mol. The maximum atomic E-state index is 14.9. The van der Waals surface area contributed by atoms with E-state index in [1.54, 1.807) is 0 Å². The summed E-state index contributed by atoms with van der Waals surface area (Å²) in [5, 5.41) is 0. The second-order valence-electron chi connectivity index (χ2n) is 6.75. The first kappa shape index (κ1) is 18.5. The molecule has 0 heterocycles. The zero-order chi connectivity index (χ0) is 18.6. The monoisotopic (exact) mass is 356 g/mol. The first-order chi connectivity index (χ1) is 12.6. The van der Waals surface area contributed by atoms with Crippen LogP contribution in [0.25, 0.3) is 16.7 Å². The molecular weight excluding hydrogens is 333 g/mol. The molecular formula is C23H23F3. The summed E-state index contributed by atoms with van der Waals surface area (Å²) in [4.78, 5) is 0. The van der Waals surface area contributed by atoms with Gasteiger partial charge in [-0.15, -0.1) is 0 Å². The fraction of sp³-hybridized carbons (Fsp3) is 0.304. The molecule has 3 rings (SSSR count). The lowest BCUT2D eigenvalue weighted by molar-refractivity contribution is 0.0762. The quantitative estimate of drug-likeness (QED) is 0.479. The lowest BCUT2D eigenvalue weighted by atomic mass is 9.83. The molecule has 2 unspecified atom stereocenters. The van der Waals surface area contributed by atoms with Gasteiger partial charge in [0.05, 0.1) is 0 Å².